The van der Waals surface area contributed by atoms with E-state index in [0.717, 1.165) is 0 Å². The second-order valence-corrected chi connectivity index (χ2v) is 3.35. The Morgan fingerprint density at radius 1 is 1.53 bits per heavy atom. The summed E-state index contributed by atoms with van der Waals surface area (Å²) in [5.41, 5.74) is 1.89. The Bertz CT molecular complexity index is 541. The van der Waals surface area contributed by atoms with Crippen molar-refractivity contribution in [2.24, 2.45) is 7.05 Å². The van der Waals surface area contributed by atoms with Crippen LogP contribution in [0, 0.1) is 0 Å². The molecule has 2 aromatic rings. The van der Waals surface area contributed by atoms with E-state index in [0.29, 0.717) is 16.7 Å². The average molecular weight is 208 g/mol. The van der Waals surface area contributed by atoms with Crippen molar-refractivity contribution in [3.8, 4) is 0 Å². The molecule has 0 bridgehead atoms. The van der Waals surface area contributed by atoms with Crippen LogP contribution < -0.4 is 11.1 Å². The molecule has 0 spiro atoms. The Morgan fingerprint density at radius 2 is 2.27 bits per heavy atom. The van der Waals surface area contributed by atoms with Gasteiger partial charge in [-0.15, -0.1) is 0 Å². The lowest BCUT2D eigenvalue weighted by Gasteiger charge is -2.08. The summed E-state index contributed by atoms with van der Waals surface area (Å²) in [6.45, 7) is 0. The predicted molar refractivity (Wildman–Crippen MR) is 55.5 cm³/mol. The Morgan fingerprint density at radius 3 is 2.93 bits per heavy atom. The van der Waals surface area contributed by atoms with Crippen molar-refractivity contribution in [1.29, 1.82) is 0 Å². The highest BCUT2D eigenvalue weighted by molar-refractivity contribution is 5.73. The number of aliphatic hydroxyl groups excluding tert-OH is 1. The molecule has 0 fully saturated rings. The molecule has 0 radical (unpaired) electrons. The molecule has 0 amide bonds. The fraction of sp³-hybridized carbons (Fsp3) is 0.300. The zero-order valence-electron chi connectivity index (χ0n) is 8.52. The minimum Gasteiger partial charge on any atom is -0.408 e. The zero-order valence-corrected chi connectivity index (χ0v) is 8.52. The molecule has 1 heterocycles. The Balaban J connectivity index is 2.64. The van der Waals surface area contributed by atoms with E-state index < -0.39 is 12.0 Å². The van der Waals surface area contributed by atoms with Gasteiger partial charge in [0, 0.05) is 7.05 Å². The summed E-state index contributed by atoms with van der Waals surface area (Å²) in [5, 5.41) is 12.3. The number of aryl methyl sites for hydroxylation is 1. The summed E-state index contributed by atoms with van der Waals surface area (Å²) in [6.07, 6.45) is -0.737. The highest BCUT2D eigenvalue weighted by Gasteiger charge is 2.09. The van der Waals surface area contributed by atoms with Crippen molar-refractivity contribution in [1.82, 2.24) is 9.88 Å². The molecule has 0 aliphatic rings. The quantitative estimate of drug-likeness (QED) is 0.698. The Kier molecular flexibility index (Phi) is 2.34. The van der Waals surface area contributed by atoms with E-state index in [1.54, 1.807) is 32.3 Å². The SMILES string of the molecule is CNC(O)c1ccc2oc(=O)n(C)c2c1. The van der Waals surface area contributed by atoms with Crippen LogP contribution >= 0.6 is 0 Å². The minimum atomic E-state index is -0.737. The van der Waals surface area contributed by atoms with Crippen LogP contribution in [0.2, 0.25) is 0 Å². The van der Waals surface area contributed by atoms with Crippen LogP contribution in [-0.4, -0.2) is 16.7 Å². The fourth-order valence-electron chi connectivity index (χ4n) is 1.48. The number of aliphatic hydroxyl groups is 1. The monoisotopic (exact) mass is 208 g/mol. The molecule has 0 aliphatic carbocycles. The van der Waals surface area contributed by atoms with E-state index in [-0.39, 0.29) is 0 Å². The summed E-state index contributed by atoms with van der Waals surface area (Å²) >= 11 is 0. The molecule has 0 saturated heterocycles. The van der Waals surface area contributed by atoms with Crippen LogP contribution in [0.15, 0.2) is 27.4 Å². The number of benzene rings is 1. The summed E-state index contributed by atoms with van der Waals surface area (Å²) < 4.78 is 6.38. The van der Waals surface area contributed by atoms with Crippen molar-refractivity contribution in [2.45, 2.75) is 6.23 Å². The second kappa shape index (κ2) is 3.52. The van der Waals surface area contributed by atoms with E-state index in [2.05, 4.69) is 5.32 Å². The standard InChI is InChI=1S/C10H12N2O3/c1-11-9(13)6-3-4-8-7(5-6)12(2)10(14)15-8/h3-5,9,11,13H,1-2H3. The molecule has 0 saturated carbocycles. The molecule has 2 rings (SSSR count). The normalized spacial score (nSPS) is 13.3. The highest BCUT2D eigenvalue weighted by atomic mass is 16.4. The van der Waals surface area contributed by atoms with E-state index in [1.807, 2.05) is 0 Å². The molecule has 2 N–H and O–H groups in total. The van der Waals surface area contributed by atoms with E-state index >= 15 is 0 Å². The van der Waals surface area contributed by atoms with Crippen molar-refractivity contribution in [2.75, 3.05) is 7.05 Å². The molecule has 5 heteroatoms. The van der Waals surface area contributed by atoms with E-state index in [1.165, 1.54) is 4.57 Å². The van der Waals surface area contributed by atoms with Crippen LogP contribution in [-0.2, 0) is 7.05 Å². The predicted octanol–water partition coefficient (Wildman–Crippen LogP) is 0.342. The smallest absolute Gasteiger partial charge is 0.408 e. The maximum Gasteiger partial charge on any atom is 0.419 e. The highest BCUT2D eigenvalue weighted by Crippen LogP contribution is 2.17. The van der Waals surface area contributed by atoms with Gasteiger partial charge in [-0.3, -0.25) is 9.88 Å². The van der Waals surface area contributed by atoms with Crippen LogP contribution in [0.3, 0.4) is 0 Å². The lowest BCUT2D eigenvalue weighted by molar-refractivity contribution is 0.149. The first-order chi connectivity index (χ1) is 7.13. The zero-order chi connectivity index (χ0) is 11.0. The first-order valence-electron chi connectivity index (χ1n) is 4.58. The Labute approximate surface area is 85.9 Å². The summed E-state index contributed by atoms with van der Waals surface area (Å²) in [6, 6.07) is 5.11. The molecule has 1 atom stereocenters. The van der Waals surface area contributed by atoms with Crippen LogP contribution in [0.5, 0.6) is 0 Å². The number of fused-ring (bicyclic) bond motifs is 1. The van der Waals surface area contributed by atoms with Gasteiger partial charge in [-0.1, -0.05) is 6.07 Å². The summed E-state index contributed by atoms with van der Waals surface area (Å²) in [4.78, 5) is 11.2. The van der Waals surface area contributed by atoms with Crippen molar-refractivity contribution < 1.29 is 9.52 Å². The van der Waals surface area contributed by atoms with E-state index in [9.17, 15) is 9.90 Å². The molecule has 15 heavy (non-hydrogen) atoms. The molecule has 5 nitrogen and oxygen atoms in total. The number of rotatable bonds is 2. The lowest BCUT2D eigenvalue weighted by atomic mass is 10.2. The van der Waals surface area contributed by atoms with E-state index in [4.69, 9.17) is 4.42 Å². The van der Waals surface area contributed by atoms with Crippen molar-refractivity contribution in [3.63, 3.8) is 0 Å². The van der Waals surface area contributed by atoms with Crippen LogP contribution in [0.25, 0.3) is 11.1 Å². The Hall–Kier alpha value is -1.59. The van der Waals surface area contributed by atoms with Gasteiger partial charge in [0.15, 0.2) is 5.58 Å². The van der Waals surface area contributed by atoms with Gasteiger partial charge < -0.3 is 9.52 Å². The number of nitrogens with zero attached hydrogens (tertiary/aromatic N) is 1. The minimum absolute atomic E-state index is 0.402. The molecule has 1 unspecified atom stereocenters. The average Bonchev–Trinajstić information content (AvgIpc) is 2.54. The van der Waals surface area contributed by atoms with Gasteiger partial charge in [0.25, 0.3) is 0 Å². The fourth-order valence-corrected chi connectivity index (χ4v) is 1.48. The maximum atomic E-state index is 11.2. The molecule has 1 aromatic carbocycles. The first-order valence-corrected chi connectivity index (χ1v) is 4.58. The summed E-state index contributed by atoms with van der Waals surface area (Å²) in [5.74, 6) is -0.402. The topological polar surface area (TPSA) is 67.4 Å². The molecule has 1 aromatic heterocycles. The number of hydrogen-bond donors (Lipinski definition) is 2. The number of hydrogen-bond acceptors (Lipinski definition) is 4. The molecule has 0 aliphatic heterocycles. The number of nitrogens with one attached hydrogen (secondary N) is 1. The molecular formula is C10H12N2O3. The van der Waals surface area contributed by atoms with Gasteiger partial charge in [-0.05, 0) is 24.7 Å². The molecule has 80 valence electrons. The van der Waals surface area contributed by atoms with Gasteiger partial charge in [0.05, 0.1) is 5.52 Å². The second-order valence-electron chi connectivity index (χ2n) is 3.35. The van der Waals surface area contributed by atoms with Crippen molar-refractivity contribution >= 4 is 11.1 Å². The van der Waals surface area contributed by atoms with Crippen LogP contribution in [0.1, 0.15) is 11.8 Å². The third kappa shape index (κ3) is 1.55. The number of oxazole rings is 1. The van der Waals surface area contributed by atoms with Gasteiger partial charge in [0.2, 0.25) is 0 Å². The third-order valence-corrected chi connectivity index (χ3v) is 2.40. The van der Waals surface area contributed by atoms with Gasteiger partial charge in [-0.25, -0.2) is 4.79 Å². The lowest BCUT2D eigenvalue weighted by Crippen LogP contribution is -2.15. The molecular weight excluding hydrogens is 196 g/mol. The van der Waals surface area contributed by atoms with Crippen LogP contribution in [0.4, 0.5) is 0 Å². The summed E-state index contributed by atoms with van der Waals surface area (Å²) in [7, 11) is 3.28. The van der Waals surface area contributed by atoms with Gasteiger partial charge in [0.1, 0.15) is 6.23 Å². The third-order valence-electron chi connectivity index (χ3n) is 2.40. The van der Waals surface area contributed by atoms with Gasteiger partial charge >= 0.3 is 5.76 Å². The largest absolute Gasteiger partial charge is 0.419 e. The first kappa shape index (κ1) is 9.95. The maximum absolute atomic E-state index is 11.2. The van der Waals surface area contributed by atoms with Gasteiger partial charge in [-0.2, -0.15) is 0 Å². The van der Waals surface area contributed by atoms with Crippen molar-refractivity contribution in [3.05, 3.63) is 34.3 Å². The number of aromatic nitrogens is 1.